The number of aliphatic hydroxyl groups is 1. The van der Waals surface area contributed by atoms with Gasteiger partial charge >= 0.3 is 0 Å². The number of rotatable bonds is 4. The highest BCUT2D eigenvalue weighted by Gasteiger charge is 2.72. The monoisotopic (exact) mass is 327 g/mol. The lowest BCUT2D eigenvalue weighted by Crippen LogP contribution is -2.18. The number of sulfone groups is 1. The predicted octanol–water partition coefficient (Wildman–Crippen LogP) is 2.44. The van der Waals surface area contributed by atoms with Gasteiger partial charge < -0.3 is 5.11 Å². The molecule has 1 aliphatic carbocycles. The average molecular weight is 327 g/mol. The van der Waals surface area contributed by atoms with E-state index in [0.29, 0.717) is 0 Å². The zero-order chi connectivity index (χ0) is 16.7. The van der Waals surface area contributed by atoms with Gasteiger partial charge in [-0.1, -0.05) is 48.0 Å². The molecule has 5 heteroatoms. The van der Waals surface area contributed by atoms with Crippen molar-refractivity contribution in [2.24, 2.45) is 5.41 Å². The van der Waals surface area contributed by atoms with E-state index in [4.69, 9.17) is 0 Å². The molecule has 0 radical (unpaired) electrons. The second kappa shape index (κ2) is 5.48. The minimum absolute atomic E-state index is 0.194. The van der Waals surface area contributed by atoms with Gasteiger partial charge in [-0.3, -0.25) is 0 Å². The van der Waals surface area contributed by atoms with Crippen molar-refractivity contribution in [1.82, 2.24) is 0 Å². The summed E-state index contributed by atoms with van der Waals surface area (Å²) in [7, 11) is -3.69. The van der Waals surface area contributed by atoms with Crippen LogP contribution in [0.2, 0.25) is 0 Å². The first-order valence-corrected chi connectivity index (χ1v) is 8.89. The molecule has 0 heterocycles. The maximum absolute atomic E-state index is 13.0. The van der Waals surface area contributed by atoms with Crippen molar-refractivity contribution >= 4 is 9.84 Å². The van der Waals surface area contributed by atoms with Crippen LogP contribution in [-0.4, -0.2) is 25.4 Å². The number of benzene rings is 2. The molecule has 2 aromatic carbocycles. The number of nitrogens with zero attached hydrogens (tertiary/aromatic N) is 1. The first-order valence-electron chi connectivity index (χ1n) is 7.35. The van der Waals surface area contributed by atoms with Crippen molar-refractivity contribution in [3.63, 3.8) is 0 Å². The highest BCUT2D eigenvalue weighted by atomic mass is 32.2. The Morgan fingerprint density at radius 2 is 1.74 bits per heavy atom. The van der Waals surface area contributed by atoms with Crippen LogP contribution in [-0.2, 0) is 9.84 Å². The molecule has 0 saturated heterocycles. The second-order valence-electron chi connectivity index (χ2n) is 5.98. The van der Waals surface area contributed by atoms with Crippen LogP contribution in [0.1, 0.15) is 17.0 Å². The minimum atomic E-state index is -3.69. The lowest BCUT2D eigenvalue weighted by atomic mass is 10.0. The van der Waals surface area contributed by atoms with E-state index in [1.54, 1.807) is 36.4 Å². The molecule has 0 amide bonds. The summed E-state index contributed by atoms with van der Waals surface area (Å²) in [6.45, 7) is 1.41. The van der Waals surface area contributed by atoms with E-state index in [9.17, 15) is 18.8 Å². The zero-order valence-corrected chi connectivity index (χ0v) is 13.5. The molecule has 0 bridgehead atoms. The van der Waals surface area contributed by atoms with Gasteiger partial charge in [-0.25, -0.2) is 8.42 Å². The quantitative estimate of drug-likeness (QED) is 0.935. The number of aliphatic hydroxyl groups excluding tert-OH is 1. The largest absolute Gasteiger partial charge is 0.395 e. The molecule has 1 saturated carbocycles. The van der Waals surface area contributed by atoms with Crippen molar-refractivity contribution in [1.29, 1.82) is 5.26 Å². The number of hydrogen-bond acceptors (Lipinski definition) is 4. The van der Waals surface area contributed by atoms with Gasteiger partial charge in [0.05, 0.1) is 22.8 Å². The lowest BCUT2D eigenvalue weighted by Gasteiger charge is -2.06. The van der Waals surface area contributed by atoms with Gasteiger partial charge in [-0.2, -0.15) is 5.26 Å². The molecule has 3 atom stereocenters. The van der Waals surface area contributed by atoms with E-state index in [1.165, 1.54) is 0 Å². The minimum Gasteiger partial charge on any atom is -0.395 e. The number of aryl methyl sites for hydroxylation is 1. The smallest absolute Gasteiger partial charge is 0.183 e. The van der Waals surface area contributed by atoms with Crippen molar-refractivity contribution in [2.45, 2.75) is 23.0 Å². The van der Waals surface area contributed by atoms with Gasteiger partial charge in [-0.05, 0) is 24.6 Å². The molecule has 23 heavy (non-hydrogen) atoms. The Kier molecular flexibility index (Phi) is 3.75. The van der Waals surface area contributed by atoms with Crippen LogP contribution in [0.25, 0.3) is 0 Å². The average Bonchev–Trinajstić information content (AvgIpc) is 3.27. The molecule has 0 aliphatic heterocycles. The summed E-state index contributed by atoms with van der Waals surface area (Å²) < 4.78 is 25.9. The van der Waals surface area contributed by atoms with E-state index in [0.717, 1.165) is 11.1 Å². The Balaban J connectivity index is 2.07. The molecule has 0 unspecified atom stereocenters. The summed E-state index contributed by atoms with van der Waals surface area (Å²) in [6.07, 6.45) is 0. The Morgan fingerprint density at radius 3 is 2.26 bits per heavy atom. The third kappa shape index (κ3) is 2.35. The van der Waals surface area contributed by atoms with Gasteiger partial charge in [0.15, 0.2) is 9.84 Å². The molecular formula is C18H17NO3S. The molecule has 118 valence electrons. The fraction of sp³-hybridized carbons (Fsp3) is 0.278. The van der Waals surface area contributed by atoms with Gasteiger partial charge in [0, 0.05) is 5.92 Å². The van der Waals surface area contributed by atoms with Crippen LogP contribution in [0, 0.1) is 23.7 Å². The van der Waals surface area contributed by atoms with Crippen LogP contribution in [0.4, 0.5) is 0 Å². The van der Waals surface area contributed by atoms with Crippen LogP contribution in [0.5, 0.6) is 0 Å². The van der Waals surface area contributed by atoms with Gasteiger partial charge in [-0.15, -0.1) is 0 Å². The topological polar surface area (TPSA) is 78.2 Å². The molecule has 2 aromatic rings. The van der Waals surface area contributed by atoms with Gasteiger partial charge in [0.25, 0.3) is 0 Å². The molecule has 0 spiro atoms. The summed E-state index contributed by atoms with van der Waals surface area (Å²) in [6, 6.07) is 17.7. The molecule has 4 nitrogen and oxygen atoms in total. The van der Waals surface area contributed by atoms with E-state index >= 15 is 0 Å². The Hall–Kier alpha value is -2.16. The summed E-state index contributed by atoms with van der Waals surface area (Å²) in [5.74, 6) is -0.509. The first-order chi connectivity index (χ1) is 11.0. The molecule has 0 aromatic heterocycles. The molecule has 1 fully saturated rings. The third-order valence-corrected chi connectivity index (χ3v) is 6.86. The molecule has 3 rings (SSSR count). The Morgan fingerprint density at radius 1 is 1.13 bits per heavy atom. The second-order valence-corrected chi connectivity index (χ2v) is 8.05. The molecular weight excluding hydrogens is 310 g/mol. The van der Waals surface area contributed by atoms with E-state index in [1.807, 2.05) is 25.1 Å². The van der Waals surface area contributed by atoms with E-state index in [-0.39, 0.29) is 4.90 Å². The van der Waals surface area contributed by atoms with Crippen molar-refractivity contribution in [2.75, 3.05) is 6.61 Å². The lowest BCUT2D eigenvalue weighted by molar-refractivity contribution is 0.242. The van der Waals surface area contributed by atoms with Crippen molar-refractivity contribution < 1.29 is 13.5 Å². The highest BCUT2D eigenvalue weighted by molar-refractivity contribution is 7.92. The first kappa shape index (κ1) is 15.7. The van der Waals surface area contributed by atoms with Gasteiger partial charge in [0.1, 0.15) is 5.41 Å². The summed E-state index contributed by atoms with van der Waals surface area (Å²) >= 11 is 0. The normalized spacial score (nSPS) is 26.5. The van der Waals surface area contributed by atoms with E-state index < -0.39 is 33.0 Å². The van der Waals surface area contributed by atoms with E-state index in [2.05, 4.69) is 6.07 Å². The summed E-state index contributed by atoms with van der Waals surface area (Å²) in [5.41, 5.74) is 0.460. The van der Waals surface area contributed by atoms with Gasteiger partial charge in [0.2, 0.25) is 0 Å². The third-order valence-electron chi connectivity index (χ3n) is 4.57. The highest BCUT2D eigenvalue weighted by Crippen LogP contribution is 2.63. The zero-order valence-electron chi connectivity index (χ0n) is 12.7. The standard InChI is InChI=1S/C18H17NO3S/c1-13-7-9-15(10-8-13)23(21,22)17-16(18(17,11-19)12-20)14-5-3-2-4-6-14/h2-10,16-17,20H,12H2,1H3/t16-,17+,18+/m0/s1. The Labute approximate surface area is 135 Å². The number of hydrogen-bond donors (Lipinski definition) is 1. The summed E-state index contributed by atoms with van der Waals surface area (Å²) in [5, 5.41) is 18.3. The van der Waals surface area contributed by atoms with Crippen LogP contribution in [0.15, 0.2) is 59.5 Å². The molecule has 1 aliphatic rings. The van der Waals surface area contributed by atoms with Crippen molar-refractivity contribution in [3.05, 3.63) is 65.7 Å². The molecule has 1 N–H and O–H groups in total. The fourth-order valence-corrected chi connectivity index (χ4v) is 5.54. The summed E-state index contributed by atoms with van der Waals surface area (Å²) in [4.78, 5) is 0.194. The van der Waals surface area contributed by atoms with Crippen LogP contribution in [0.3, 0.4) is 0 Å². The number of nitriles is 1. The Bertz CT molecular complexity index is 853. The fourth-order valence-electron chi connectivity index (χ4n) is 3.22. The maximum Gasteiger partial charge on any atom is 0.183 e. The predicted molar refractivity (Wildman–Crippen MR) is 86.5 cm³/mol. The van der Waals surface area contributed by atoms with Crippen molar-refractivity contribution in [3.8, 4) is 6.07 Å². The van der Waals surface area contributed by atoms with Crippen LogP contribution >= 0.6 is 0 Å². The maximum atomic E-state index is 13.0. The SMILES string of the molecule is Cc1ccc(S(=O)(=O)[C@@H]2[C@H](c3ccccc3)[C@@]2(C#N)CO)cc1. The van der Waals surface area contributed by atoms with Crippen LogP contribution < -0.4 is 0 Å².